The van der Waals surface area contributed by atoms with Crippen LogP contribution in [0.1, 0.15) is 0 Å². The average Bonchev–Trinajstić information content (AvgIpc) is 3.21. The van der Waals surface area contributed by atoms with E-state index in [-0.39, 0.29) is 8.80 Å². The van der Waals surface area contributed by atoms with Crippen molar-refractivity contribution in [1.82, 2.24) is 0 Å². The van der Waals surface area contributed by atoms with E-state index in [0.717, 1.165) is 6.04 Å². The third kappa shape index (κ3) is 25.0. The molecule has 4 heterocycles. The lowest BCUT2D eigenvalue weighted by Gasteiger charge is -2.41. The Hall–Kier alpha value is 2.14. The molecule has 4 aliphatic heterocycles. The van der Waals surface area contributed by atoms with Crippen molar-refractivity contribution in [3.05, 3.63) is 24.3 Å². The van der Waals surface area contributed by atoms with Gasteiger partial charge in [-0.3, -0.25) is 0 Å². The Kier molecular flexibility index (Phi) is 24.4. The molecule has 71 heavy (non-hydrogen) atoms. The Labute approximate surface area is 461 Å². The summed E-state index contributed by atoms with van der Waals surface area (Å²) in [5.74, 6) is 0. The second-order valence-corrected chi connectivity index (χ2v) is 99.4. The average molecular weight is 1220 g/mol. The molecular weight excluding hydrogens is 1090 g/mol. The van der Waals surface area contributed by atoms with Crippen molar-refractivity contribution in [3.63, 3.8) is 0 Å². The molecule has 0 unspecified atom stereocenters. The highest BCUT2D eigenvalue weighted by molar-refractivity contribution is 6.98. The van der Waals surface area contributed by atoms with Crippen molar-refractivity contribution in [2.45, 2.75) is 302 Å². The highest BCUT2D eigenvalue weighted by atomic mass is 28.4. The predicted molar refractivity (Wildman–Crippen MR) is 367 cm³/mol. The molecule has 0 amide bonds. The van der Waals surface area contributed by atoms with Gasteiger partial charge in [-0.2, -0.15) is 0 Å². The zero-order valence-corrected chi connectivity index (χ0v) is 66.5. The molecule has 1 N–H and O–H groups in total. The van der Waals surface area contributed by atoms with E-state index in [0.29, 0.717) is 0 Å². The van der Waals surface area contributed by atoms with E-state index in [4.69, 9.17) is 8.23 Å². The van der Waals surface area contributed by atoms with Gasteiger partial charge in [-0.25, -0.2) is 0 Å². The molecule has 0 aliphatic carbocycles. The third-order valence-electron chi connectivity index (χ3n) is 19.2. The Bertz CT molecular complexity index is 1710. The van der Waals surface area contributed by atoms with Gasteiger partial charge in [-0.1, -0.05) is 241 Å². The molecule has 5 rings (SSSR count). The van der Waals surface area contributed by atoms with Crippen LogP contribution in [0.2, 0.25) is 302 Å². The van der Waals surface area contributed by atoms with Crippen LogP contribution < -0.4 is 10.4 Å². The van der Waals surface area contributed by atoms with Crippen molar-refractivity contribution in [3.8, 4) is 0 Å². The number of benzene rings is 1. The molecule has 0 aromatic heterocycles. The quantitative estimate of drug-likeness (QED) is 0.212. The molecule has 0 saturated heterocycles. The molecule has 0 saturated carbocycles. The second-order valence-electron chi connectivity index (χ2n) is 33.4. The van der Waals surface area contributed by atoms with Gasteiger partial charge in [0, 0.05) is 57.2 Å². The fourth-order valence-corrected chi connectivity index (χ4v) is 90.6. The lowest BCUT2D eigenvalue weighted by molar-refractivity contribution is 0.540. The van der Waals surface area contributed by atoms with Crippen LogP contribution in [0.3, 0.4) is 0 Å². The van der Waals surface area contributed by atoms with Gasteiger partial charge >= 0.3 is 0 Å². The Morgan fingerprint density at radius 1 is 0.380 bits per heavy atom. The first-order valence-corrected chi connectivity index (χ1v) is 73.9. The monoisotopic (exact) mass is 1210 g/mol. The summed E-state index contributed by atoms with van der Waals surface area (Å²) in [4.78, 5) is 11.2. The number of rotatable bonds is 12. The van der Waals surface area contributed by atoms with Gasteiger partial charge in [0.25, 0.3) is 0 Å². The fourth-order valence-electron chi connectivity index (χ4n) is 12.5. The van der Waals surface area contributed by atoms with Gasteiger partial charge < -0.3 is 13.0 Å². The summed E-state index contributed by atoms with van der Waals surface area (Å²) in [7, 11) is -22.2. The molecule has 4 aliphatic rings. The van der Waals surface area contributed by atoms with Crippen molar-refractivity contribution in [2.24, 2.45) is 0 Å². The summed E-state index contributed by atoms with van der Waals surface area (Å²) in [6.07, 6.45) is 0. The van der Waals surface area contributed by atoms with Gasteiger partial charge in [-0.05, 0) is 95.7 Å². The molecule has 0 fully saturated rings. The maximum Gasteiger partial charge on any atom is 0.182 e. The summed E-state index contributed by atoms with van der Waals surface area (Å²) in [6.45, 7) is 63.9. The minimum absolute atomic E-state index is 0.202. The first kappa shape index (κ1) is 67.4. The fraction of sp³-hybridized carbons (Fsp3) is 0.889. The maximum atomic E-state index is 11.2. The molecule has 1 aromatic carbocycles. The molecule has 415 valence electrons. The van der Waals surface area contributed by atoms with Crippen LogP contribution in [-0.4, -0.2) is 120 Å². The van der Waals surface area contributed by atoms with Crippen LogP contribution in [0.15, 0.2) is 24.3 Å². The number of hydrogen-bond donors (Lipinski definition) is 1. The SMILES string of the molecule is C[Si](C)CC[Si](C)(C)CC[Si]12CC[Si](C)(C)CC[Si](C)(C)O[Si](C)(C)CC[Si](C)(C)CC[Si](CC[Si](C)(C)CC[Si](C)(C)O)(CC[Si](C)(C)CC[Si](C)(C)O[Si](C)(C)CC[Si](C)(C)CC1)c1ccc2cc1. The van der Waals surface area contributed by atoms with E-state index < -0.39 is 106 Å². The van der Waals surface area contributed by atoms with Crippen molar-refractivity contribution < 1.29 is 13.0 Å². The number of fused-ring (bicyclic) bond motifs is 24. The van der Waals surface area contributed by atoms with Crippen LogP contribution in [0.5, 0.6) is 0 Å². The maximum absolute atomic E-state index is 11.2. The molecule has 3 nitrogen and oxygen atoms in total. The van der Waals surface area contributed by atoms with Crippen LogP contribution in [0.4, 0.5) is 0 Å². The smallest absolute Gasteiger partial charge is 0.182 e. The van der Waals surface area contributed by atoms with Gasteiger partial charge in [0.2, 0.25) is 0 Å². The van der Waals surface area contributed by atoms with E-state index in [1.54, 1.807) is 18.1 Å². The van der Waals surface area contributed by atoms with Gasteiger partial charge in [0.1, 0.15) is 0 Å². The zero-order chi connectivity index (χ0) is 54.4. The summed E-state index contributed by atoms with van der Waals surface area (Å²) >= 11 is 0. The third-order valence-corrected chi connectivity index (χ3v) is 72.2. The molecule has 0 atom stereocenters. The van der Waals surface area contributed by atoms with Gasteiger partial charge in [0.15, 0.2) is 41.6 Å². The second kappa shape index (κ2) is 25.7. The number of hydrogen-bond acceptors (Lipinski definition) is 3. The Morgan fingerprint density at radius 2 is 0.634 bits per heavy atom. The Morgan fingerprint density at radius 3 is 0.887 bits per heavy atom. The van der Waals surface area contributed by atoms with Crippen LogP contribution in [0.25, 0.3) is 0 Å². The summed E-state index contributed by atoms with van der Waals surface area (Å²) in [6, 6.07) is 46.5. The van der Waals surface area contributed by atoms with Crippen LogP contribution in [0, 0.1) is 0 Å². The molecule has 1 radical (unpaired) electrons. The standard InChI is InChI=1S/C54H125O3Si14/c1-58(2)29-30-59(3,4)36-47-70-49-38-61(7,8)32-43-66(17,18)56-68(21,22)45-34-63(11,12)40-51-71(54-27-25-53(70)26-28-54,48-37-60(5,6)31-42-65(15,16)55)52-41-64(13,14)35-46-69(23,24)57-67(19,20)44-33-62(9,10)39-50-70/h25-28,55H,29-52H2,1-24H3. The minimum atomic E-state index is -2.09. The largest absolute Gasteiger partial charge is 0.456 e. The molecule has 0 spiro atoms. The van der Waals surface area contributed by atoms with Crippen LogP contribution >= 0.6 is 0 Å². The van der Waals surface area contributed by atoms with Gasteiger partial charge in [-0.15, -0.1) is 0 Å². The van der Waals surface area contributed by atoms with Crippen LogP contribution in [-0.2, 0) is 8.23 Å². The van der Waals surface area contributed by atoms with Gasteiger partial charge in [0.05, 0.1) is 16.1 Å². The molecule has 1 aromatic rings. The van der Waals surface area contributed by atoms with Crippen molar-refractivity contribution >= 4 is 125 Å². The first-order chi connectivity index (χ1) is 31.8. The first-order valence-electron chi connectivity index (χ1n) is 29.8. The van der Waals surface area contributed by atoms with Crippen molar-refractivity contribution in [1.29, 1.82) is 0 Å². The van der Waals surface area contributed by atoms with E-state index in [1.807, 2.05) is 10.4 Å². The Balaban J connectivity index is 2.45. The van der Waals surface area contributed by atoms with E-state index in [9.17, 15) is 4.80 Å². The molecular formula is C54H125O3Si14. The summed E-state index contributed by atoms with van der Waals surface area (Å²) in [5.41, 5.74) is 0. The van der Waals surface area contributed by atoms with E-state index >= 15 is 0 Å². The highest BCUT2D eigenvalue weighted by Crippen LogP contribution is 2.42. The normalized spacial score (nSPS) is 28.1. The molecule has 4 bridgehead atoms. The van der Waals surface area contributed by atoms with E-state index in [1.165, 1.54) is 121 Å². The van der Waals surface area contributed by atoms with E-state index in [2.05, 4.69) is 181 Å². The summed E-state index contributed by atoms with van der Waals surface area (Å²) < 4.78 is 15.2. The molecule has 17 heteroatoms. The predicted octanol–water partition coefficient (Wildman–Crippen LogP) is 19.1. The topological polar surface area (TPSA) is 38.7 Å². The van der Waals surface area contributed by atoms with Crippen molar-refractivity contribution in [2.75, 3.05) is 0 Å². The lowest BCUT2D eigenvalue weighted by atomic mass is 10.4. The highest BCUT2D eigenvalue weighted by Gasteiger charge is 2.46. The lowest BCUT2D eigenvalue weighted by Crippen LogP contribution is -2.54. The summed E-state index contributed by atoms with van der Waals surface area (Å²) in [5, 5.41) is 3.76. The zero-order valence-electron chi connectivity index (χ0n) is 52.5. The minimum Gasteiger partial charge on any atom is -0.456 e.